The second kappa shape index (κ2) is 3.11. The van der Waals surface area contributed by atoms with Crippen molar-refractivity contribution >= 4 is 0 Å². The van der Waals surface area contributed by atoms with Crippen molar-refractivity contribution in [3.63, 3.8) is 0 Å². The van der Waals surface area contributed by atoms with Gasteiger partial charge in [0.1, 0.15) is 5.82 Å². The number of hydrogen-bond donors (Lipinski definition) is 1. The first-order valence-corrected chi connectivity index (χ1v) is 4.68. The molecule has 0 fully saturated rings. The van der Waals surface area contributed by atoms with Crippen molar-refractivity contribution < 1.29 is 4.39 Å². The Morgan fingerprint density at radius 2 is 2.23 bits per heavy atom. The molecular weight excluding hydrogens is 165 g/mol. The summed E-state index contributed by atoms with van der Waals surface area (Å²) in [6.07, 6.45) is 0.855. The van der Waals surface area contributed by atoms with E-state index in [4.69, 9.17) is 0 Å². The Hall–Kier alpha value is -0.890. The number of fused-ring (bicyclic) bond motifs is 1. The summed E-state index contributed by atoms with van der Waals surface area (Å²) in [6.45, 7) is 2.15. The molecule has 2 heteroatoms. The van der Waals surface area contributed by atoms with Gasteiger partial charge >= 0.3 is 0 Å². The zero-order valence-corrected chi connectivity index (χ0v) is 7.97. The first kappa shape index (κ1) is 8.70. The summed E-state index contributed by atoms with van der Waals surface area (Å²) >= 11 is 0. The molecule has 2 rings (SSSR count). The van der Waals surface area contributed by atoms with Gasteiger partial charge in [-0.2, -0.15) is 0 Å². The molecule has 1 aliphatic carbocycles. The minimum atomic E-state index is -0.0536. The van der Waals surface area contributed by atoms with E-state index in [1.165, 1.54) is 0 Å². The van der Waals surface area contributed by atoms with Crippen LogP contribution in [0.2, 0.25) is 0 Å². The van der Waals surface area contributed by atoms with E-state index in [9.17, 15) is 4.39 Å². The molecule has 0 saturated heterocycles. The fourth-order valence-electron chi connectivity index (χ4n) is 2.27. The Kier molecular flexibility index (Phi) is 2.08. The molecule has 0 aliphatic heterocycles. The molecule has 0 aromatic heterocycles. The molecule has 0 bridgehead atoms. The molecule has 1 N–H and O–H groups in total. The van der Waals surface area contributed by atoms with Crippen molar-refractivity contribution in [2.24, 2.45) is 5.92 Å². The third-order valence-corrected chi connectivity index (χ3v) is 2.90. The molecule has 2 atom stereocenters. The van der Waals surface area contributed by atoms with Gasteiger partial charge < -0.3 is 5.32 Å². The minimum absolute atomic E-state index is 0.0536. The van der Waals surface area contributed by atoms with Crippen LogP contribution in [0.4, 0.5) is 4.39 Å². The standard InChI is InChI=1S/C11H14FN/c1-7-6-9-8(11(7)13-2)4-3-5-10(9)12/h3-5,7,11,13H,6H2,1-2H3. The lowest BCUT2D eigenvalue weighted by Gasteiger charge is -2.14. The van der Waals surface area contributed by atoms with Gasteiger partial charge in [0.15, 0.2) is 0 Å². The van der Waals surface area contributed by atoms with Crippen LogP contribution in [0.25, 0.3) is 0 Å². The average Bonchev–Trinajstić information content (AvgIpc) is 2.43. The fraction of sp³-hybridized carbons (Fsp3) is 0.455. The third-order valence-electron chi connectivity index (χ3n) is 2.90. The summed E-state index contributed by atoms with van der Waals surface area (Å²) in [5, 5.41) is 3.23. The van der Waals surface area contributed by atoms with Crippen LogP contribution in [0, 0.1) is 11.7 Å². The highest BCUT2D eigenvalue weighted by atomic mass is 19.1. The second-order valence-electron chi connectivity index (χ2n) is 3.76. The van der Waals surface area contributed by atoms with Crippen molar-refractivity contribution in [1.29, 1.82) is 0 Å². The van der Waals surface area contributed by atoms with Gasteiger partial charge in [0.05, 0.1) is 0 Å². The zero-order valence-electron chi connectivity index (χ0n) is 7.97. The van der Waals surface area contributed by atoms with E-state index in [0.29, 0.717) is 12.0 Å². The molecule has 0 amide bonds. The lowest BCUT2D eigenvalue weighted by atomic mass is 10.0. The number of nitrogens with one attached hydrogen (secondary N) is 1. The Morgan fingerprint density at radius 1 is 1.46 bits per heavy atom. The smallest absolute Gasteiger partial charge is 0.126 e. The number of rotatable bonds is 1. The van der Waals surface area contributed by atoms with Crippen LogP contribution in [-0.2, 0) is 6.42 Å². The van der Waals surface area contributed by atoms with Gasteiger partial charge in [0.2, 0.25) is 0 Å². The third kappa shape index (κ3) is 1.25. The van der Waals surface area contributed by atoms with Crippen LogP contribution in [0.15, 0.2) is 18.2 Å². The molecular formula is C11H14FN. The topological polar surface area (TPSA) is 12.0 Å². The summed E-state index contributed by atoms with van der Waals surface area (Å²) < 4.78 is 13.3. The Balaban J connectivity index is 2.48. The maximum absolute atomic E-state index is 13.3. The highest BCUT2D eigenvalue weighted by Crippen LogP contribution is 2.36. The van der Waals surface area contributed by atoms with E-state index in [-0.39, 0.29) is 5.82 Å². The van der Waals surface area contributed by atoms with E-state index in [1.807, 2.05) is 13.1 Å². The van der Waals surface area contributed by atoms with E-state index >= 15 is 0 Å². The van der Waals surface area contributed by atoms with Crippen molar-refractivity contribution in [2.75, 3.05) is 7.05 Å². The predicted octanol–water partition coefficient (Wildman–Crippen LogP) is 2.28. The summed E-state index contributed by atoms with van der Waals surface area (Å²) in [5.41, 5.74) is 2.03. The molecule has 1 aliphatic rings. The number of hydrogen-bond acceptors (Lipinski definition) is 1. The molecule has 70 valence electrons. The minimum Gasteiger partial charge on any atom is -0.313 e. The average molecular weight is 179 g/mol. The predicted molar refractivity (Wildman–Crippen MR) is 51.1 cm³/mol. The quantitative estimate of drug-likeness (QED) is 0.697. The second-order valence-corrected chi connectivity index (χ2v) is 3.76. The molecule has 1 aromatic carbocycles. The van der Waals surface area contributed by atoms with Crippen LogP contribution >= 0.6 is 0 Å². The van der Waals surface area contributed by atoms with Crippen LogP contribution in [0.1, 0.15) is 24.1 Å². The van der Waals surface area contributed by atoms with E-state index in [1.54, 1.807) is 12.1 Å². The van der Waals surface area contributed by atoms with Crippen LogP contribution < -0.4 is 5.32 Å². The van der Waals surface area contributed by atoms with Crippen LogP contribution in [0.3, 0.4) is 0 Å². The molecule has 1 aromatic rings. The SMILES string of the molecule is CNC1c2cccc(F)c2CC1C. The van der Waals surface area contributed by atoms with Crippen molar-refractivity contribution in [1.82, 2.24) is 5.32 Å². The van der Waals surface area contributed by atoms with Gasteiger partial charge in [-0.15, -0.1) is 0 Å². The normalized spacial score (nSPS) is 26.1. The van der Waals surface area contributed by atoms with E-state index in [2.05, 4.69) is 12.2 Å². The number of benzene rings is 1. The zero-order chi connectivity index (χ0) is 9.42. The lowest BCUT2D eigenvalue weighted by Crippen LogP contribution is -2.19. The van der Waals surface area contributed by atoms with Crippen molar-refractivity contribution in [3.05, 3.63) is 35.1 Å². The lowest BCUT2D eigenvalue weighted by molar-refractivity contribution is 0.445. The molecule has 0 saturated carbocycles. The van der Waals surface area contributed by atoms with Gasteiger partial charge in [-0.25, -0.2) is 4.39 Å². The molecule has 0 spiro atoms. The first-order chi connectivity index (χ1) is 6.24. The Morgan fingerprint density at radius 3 is 2.92 bits per heavy atom. The molecule has 2 unspecified atom stereocenters. The maximum atomic E-state index is 13.3. The van der Waals surface area contributed by atoms with E-state index in [0.717, 1.165) is 17.5 Å². The molecule has 13 heavy (non-hydrogen) atoms. The molecule has 1 nitrogen and oxygen atoms in total. The van der Waals surface area contributed by atoms with Crippen LogP contribution in [-0.4, -0.2) is 7.05 Å². The largest absolute Gasteiger partial charge is 0.313 e. The van der Waals surface area contributed by atoms with Crippen LogP contribution in [0.5, 0.6) is 0 Å². The fourth-order valence-corrected chi connectivity index (χ4v) is 2.27. The summed E-state index contributed by atoms with van der Waals surface area (Å²) in [7, 11) is 1.93. The first-order valence-electron chi connectivity index (χ1n) is 4.68. The number of halogens is 1. The maximum Gasteiger partial charge on any atom is 0.126 e. The Bertz CT molecular complexity index is 322. The monoisotopic (exact) mass is 179 g/mol. The molecule has 0 radical (unpaired) electrons. The highest BCUT2D eigenvalue weighted by molar-refractivity contribution is 5.36. The highest BCUT2D eigenvalue weighted by Gasteiger charge is 2.29. The summed E-state index contributed by atoms with van der Waals surface area (Å²) in [6, 6.07) is 5.68. The van der Waals surface area contributed by atoms with Crippen molar-refractivity contribution in [3.8, 4) is 0 Å². The van der Waals surface area contributed by atoms with Gasteiger partial charge in [-0.1, -0.05) is 19.1 Å². The summed E-state index contributed by atoms with van der Waals surface area (Å²) in [4.78, 5) is 0. The van der Waals surface area contributed by atoms with E-state index < -0.39 is 0 Å². The van der Waals surface area contributed by atoms with Gasteiger partial charge in [-0.3, -0.25) is 0 Å². The summed E-state index contributed by atoms with van der Waals surface area (Å²) in [5.74, 6) is 0.444. The van der Waals surface area contributed by atoms with Gasteiger partial charge in [0.25, 0.3) is 0 Å². The van der Waals surface area contributed by atoms with Gasteiger partial charge in [-0.05, 0) is 36.6 Å². The molecule has 0 heterocycles. The van der Waals surface area contributed by atoms with Gasteiger partial charge in [0, 0.05) is 6.04 Å². The van der Waals surface area contributed by atoms with Crippen molar-refractivity contribution in [2.45, 2.75) is 19.4 Å². The Labute approximate surface area is 78.0 Å².